The molecular weight excluding hydrogens is 364 g/mol. The van der Waals surface area contributed by atoms with Crippen molar-refractivity contribution >= 4 is 29.2 Å². The molecule has 1 heterocycles. The lowest BCUT2D eigenvalue weighted by atomic mass is 10.2. The third-order valence-corrected chi connectivity index (χ3v) is 4.45. The average Bonchev–Trinajstić information content (AvgIpc) is 2.97. The molecule has 2 aromatic rings. The summed E-state index contributed by atoms with van der Waals surface area (Å²) in [4.78, 5) is 27.2. The molecule has 1 saturated heterocycles. The molecular formula is C18H16ClF2N3O2. The van der Waals surface area contributed by atoms with Crippen LogP contribution >= 0.6 is 11.6 Å². The third-order valence-electron chi connectivity index (χ3n) is 4.08. The van der Waals surface area contributed by atoms with Crippen molar-refractivity contribution in [3.05, 3.63) is 64.7 Å². The quantitative estimate of drug-likeness (QED) is 0.867. The van der Waals surface area contributed by atoms with E-state index in [-0.39, 0.29) is 24.7 Å². The molecule has 0 aliphatic carbocycles. The number of rotatable bonds is 5. The molecule has 0 bridgehead atoms. The second kappa shape index (κ2) is 7.70. The van der Waals surface area contributed by atoms with E-state index in [0.717, 1.165) is 17.7 Å². The number of halogens is 3. The van der Waals surface area contributed by atoms with Crippen LogP contribution in [0, 0.1) is 11.6 Å². The van der Waals surface area contributed by atoms with Crippen LogP contribution in [0.15, 0.2) is 42.5 Å². The number of hydrogen-bond acceptors (Lipinski definition) is 2. The maximum absolute atomic E-state index is 13.4. The molecule has 1 aliphatic rings. The Morgan fingerprint density at radius 2 is 1.88 bits per heavy atom. The molecule has 1 aliphatic heterocycles. The fourth-order valence-electron chi connectivity index (χ4n) is 2.69. The lowest BCUT2D eigenvalue weighted by molar-refractivity contribution is -0.121. The molecule has 1 N–H and O–H groups in total. The van der Waals surface area contributed by atoms with Crippen molar-refractivity contribution in [1.29, 1.82) is 0 Å². The van der Waals surface area contributed by atoms with E-state index in [0.29, 0.717) is 18.1 Å². The minimum atomic E-state index is -1.02. The maximum Gasteiger partial charge on any atom is 0.325 e. The topological polar surface area (TPSA) is 52.7 Å². The fraction of sp³-hybridized carbons (Fsp3) is 0.222. The molecule has 3 rings (SSSR count). The van der Waals surface area contributed by atoms with E-state index in [9.17, 15) is 18.4 Å². The Morgan fingerprint density at radius 1 is 1.12 bits per heavy atom. The Bertz CT molecular complexity index is 847. The zero-order valence-electron chi connectivity index (χ0n) is 13.7. The number of amides is 3. The van der Waals surface area contributed by atoms with Gasteiger partial charge in [0.15, 0.2) is 11.6 Å². The molecule has 3 amide bonds. The number of nitrogens with one attached hydrogen (secondary N) is 1. The van der Waals surface area contributed by atoms with Crippen LogP contribution in [0.3, 0.4) is 0 Å². The van der Waals surface area contributed by atoms with Crippen LogP contribution in [0.25, 0.3) is 0 Å². The molecule has 0 atom stereocenters. The van der Waals surface area contributed by atoms with Gasteiger partial charge in [0.05, 0.1) is 0 Å². The van der Waals surface area contributed by atoms with Gasteiger partial charge in [-0.1, -0.05) is 29.8 Å². The fourth-order valence-corrected chi connectivity index (χ4v) is 2.89. The van der Waals surface area contributed by atoms with E-state index in [1.165, 1.54) is 15.9 Å². The van der Waals surface area contributed by atoms with Crippen LogP contribution in [0.5, 0.6) is 0 Å². The van der Waals surface area contributed by atoms with Gasteiger partial charge in [0.1, 0.15) is 6.54 Å². The second-order valence-corrected chi connectivity index (χ2v) is 6.23. The summed E-state index contributed by atoms with van der Waals surface area (Å²) in [6, 6.07) is 9.98. The Hall–Kier alpha value is -2.67. The van der Waals surface area contributed by atoms with Crippen molar-refractivity contribution in [3.63, 3.8) is 0 Å². The predicted octanol–water partition coefficient (Wildman–Crippen LogP) is 3.18. The SMILES string of the molecule is O=C(CN1CCN(c2ccc(F)c(F)c2)C1=O)NCc1ccccc1Cl. The number of anilines is 1. The highest BCUT2D eigenvalue weighted by Crippen LogP contribution is 2.22. The number of carbonyl (C=O) groups excluding carboxylic acids is 2. The lowest BCUT2D eigenvalue weighted by Crippen LogP contribution is -2.39. The molecule has 8 heteroatoms. The standard InChI is InChI=1S/C18H16ClF2N3O2/c19-14-4-2-1-3-12(14)10-22-17(25)11-23-7-8-24(18(23)26)13-5-6-15(20)16(21)9-13/h1-6,9H,7-8,10-11H2,(H,22,25). The van der Waals surface area contributed by atoms with Gasteiger partial charge in [0, 0.05) is 36.4 Å². The molecule has 0 aromatic heterocycles. The summed E-state index contributed by atoms with van der Waals surface area (Å²) >= 11 is 6.03. The largest absolute Gasteiger partial charge is 0.350 e. The number of benzene rings is 2. The van der Waals surface area contributed by atoms with Crippen LogP contribution in [0.2, 0.25) is 5.02 Å². The summed E-state index contributed by atoms with van der Waals surface area (Å²) in [5, 5.41) is 3.26. The first kappa shape index (κ1) is 18.1. The van der Waals surface area contributed by atoms with E-state index >= 15 is 0 Å². The molecule has 0 spiro atoms. The van der Waals surface area contributed by atoms with Gasteiger partial charge in [0.25, 0.3) is 0 Å². The van der Waals surface area contributed by atoms with Gasteiger partial charge in [-0.3, -0.25) is 9.69 Å². The van der Waals surface area contributed by atoms with Crippen LogP contribution in [-0.2, 0) is 11.3 Å². The zero-order chi connectivity index (χ0) is 18.7. The Balaban J connectivity index is 1.57. The highest BCUT2D eigenvalue weighted by Gasteiger charge is 2.31. The van der Waals surface area contributed by atoms with Gasteiger partial charge in [0.2, 0.25) is 5.91 Å². The molecule has 136 valence electrons. The Kier molecular flexibility index (Phi) is 5.37. The van der Waals surface area contributed by atoms with Crippen LogP contribution < -0.4 is 10.2 Å². The molecule has 26 heavy (non-hydrogen) atoms. The molecule has 0 unspecified atom stereocenters. The predicted molar refractivity (Wildman–Crippen MR) is 94.0 cm³/mol. The van der Waals surface area contributed by atoms with Crippen LogP contribution in [0.1, 0.15) is 5.56 Å². The minimum Gasteiger partial charge on any atom is -0.350 e. The van der Waals surface area contributed by atoms with E-state index in [1.54, 1.807) is 18.2 Å². The van der Waals surface area contributed by atoms with Crippen LogP contribution in [0.4, 0.5) is 19.3 Å². The molecule has 0 saturated carbocycles. The highest BCUT2D eigenvalue weighted by atomic mass is 35.5. The Morgan fingerprint density at radius 3 is 2.62 bits per heavy atom. The van der Waals surface area contributed by atoms with E-state index in [2.05, 4.69) is 5.32 Å². The lowest BCUT2D eigenvalue weighted by Gasteiger charge is -2.18. The number of urea groups is 1. The summed E-state index contributed by atoms with van der Waals surface area (Å²) in [5.74, 6) is -2.33. The van der Waals surface area contributed by atoms with Crippen molar-refractivity contribution in [2.24, 2.45) is 0 Å². The van der Waals surface area contributed by atoms with Crippen LogP contribution in [-0.4, -0.2) is 36.5 Å². The van der Waals surface area contributed by atoms with Crippen molar-refractivity contribution in [2.75, 3.05) is 24.5 Å². The maximum atomic E-state index is 13.4. The first-order valence-corrected chi connectivity index (χ1v) is 8.35. The first-order chi connectivity index (χ1) is 12.5. The van der Waals surface area contributed by atoms with Gasteiger partial charge in [-0.15, -0.1) is 0 Å². The molecule has 1 fully saturated rings. The van der Waals surface area contributed by atoms with E-state index in [1.807, 2.05) is 6.07 Å². The smallest absolute Gasteiger partial charge is 0.325 e. The molecule has 0 radical (unpaired) electrons. The molecule has 5 nitrogen and oxygen atoms in total. The Labute approximate surface area is 154 Å². The number of nitrogens with zero attached hydrogens (tertiary/aromatic N) is 2. The molecule has 2 aromatic carbocycles. The van der Waals surface area contributed by atoms with Crippen molar-refractivity contribution < 1.29 is 18.4 Å². The highest BCUT2D eigenvalue weighted by molar-refractivity contribution is 6.31. The minimum absolute atomic E-state index is 0.122. The van der Waals surface area contributed by atoms with Crippen molar-refractivity contribution in [2.45, 2.75) is 6.54 Å². The van der Waals surface area contributed by atoms with Crippen molar-refractivity contribution in [3.8, 4) is 0 Å². The first-order valence-electron chi connectivity index (χ1n) is 7.97. The monoisotopic (exact) mass is 379 g/mol. The number of carbonyl (C=O) groups is 2. The van der Waals surface area contributed by atoms with E-state index in [4.69, 9.17) is 11.6 Å². The second-order valence-electron chi connectivity index (χ2n) is 5.82. The summed E-state index contributed by atoms with van der Waals surface area (Å²) < 4.78 is 26.4. The van der Waals surface area contributed by atoms with E-state index < -0.39 is 17.7 Å². The summed E-state index contributed by atoms with van der Waals surface area (Å²) in [7, 11) is 0. The van der Waals surface area contributed by atoms with Gasteiger partial charge < -0.3 is 10.2 Å². The summed E-state index contributed by atoms with van der Waals surface area (Å²) in [6.07, 6.45) is 0. The summed E-state index contributed by atoms with van der Waals surface area (Å²) in [6.45, 7) is 0.746. The van der Waals surface area contributed by atoms with Gasteiger partial charge in [-0.25, -0.2) is 13.6 Å². The van der Waals surface area contributed by atoms with Gasteiger partial charge in [-0.2, -0.15) is 0 Å². The van der Waals surface area contributed by atoms with Gasteiger partial charge >= 0.3 is 6.03 Å². The number of hydrogen-bond donors (Lipinski definition) is 1. The van der Waals surface area contributed by atoms with Crippen molar-refractivity contribution in [1.82, 2.24) is 10.2 Å². The average molecular weight is 380 g/mol. The summed E-state index contributed by atoms with van der Waals surface area (Å²) in [5.41, 5.74) is 1.03. The zero-order valence-corrected chi connectivity index (χ0v) is 14.5. The van der Waals surface area contributed by atoms with Gasteiger partial charge in [-0.05, 0) is 23.8 Å². The third kappa shape index (κ3) is 3.94. The normalized spacial score (nSPS) is 14.0.